The number of imide groups is 1. The molecule has 9 heteroatoms. The molecule has 3 heterocycles. The molecule has 2 aliphatic heterocycles. The Morgan fingerprint density at radius 2 is 1.97 bits per heavy atom. The van der Waals surface area contributed by atoms with Crippen molar-refractivity contribution in [2.45, 2.75) is 6.42 Å². The van der Waals surface area contributed by atoms with E-state index in [1.165, 1.54) is 7.05 Å². The quantitative estimate of drug-likeness (QED) is 0.744. The van der Waals surface area contributed by atoms with Crippen LogP contribution < -0.4 is 10.1 Å². The molecule has 0 spiro atoms. The average Bonchev–Trinajstić information content (AvgIpc) is 3.26. The predicted octanol–water partition coefficient (Wildman–Crippen LogP) is 1.17. The number of carbonyl (C=O) groups is 3. The number of rotatable bonds is 5. The Morgan fingerprint density at radius 3 is 2.70 bits per heavy atom. The number of urea groups is 1. The number of hydrogen-bond acceptors (Lipinski definition) is 6. The Kier molecular flexibility index (Phi) is 5.60. The zero-order valence-electron chi connectivity index (χ0n) is 16.7. The smallest absolute Gasteiger partial charge is 0.323 e. The third-order valence-electron chi connectivity index (χ3n) is 5.46. The van der Waals surface area contributed by atoms with Crippen LogP contribution in [-0.4, -0.2) is 71.1 Å². The molecule has 0 radical (unpaired) electrons. The number of nitrogens with zero attached hydrogens (tertiary/aromatic N) is 4. The van der Waals surface area contributed by atoms with Gasteiger partial charge in [0, 0.05) is 44.2 Å². The molecule has 4 amide bonds. The minimum absolute atomic E-state index is 0.0435. The number of ether oxygens (including phenoxy) is 1. The van der Waals surface area contributed by atoms with E-state index in [4.69, 9.17) is 4.74 Å². The van der Waals surface area contributed by atoms with Crippen molar-refractivity contribution in [1.82, 2.24) is 25.3 Å². The van der Waals surface area contributed by atoms with Gasteiger partial charge in [-0.3, -0.25) is 14.5 Å². The Balaban J connectivity index is 1.29. The van der Waals surface area contributed by atoms with E-state index in [1.807, 2.05) is 36.4 Å². The lowest BCUT2D eigenvalue weighted by molar-refractivity contribution is -0.145. The number of benzene rings is 1. The molecule has 0 aliphatic carbocycles. The van der Waals surface area contributed by atoms with Gasteiger partial charge in [-0.1, -0.05) is 30.3 Å². The second kappa shape index (κ2) is 8.48. The summed E-state index contributed by atoms with van der Waals surface area (Å²) in [5, 5.41) is 10.9. The largest absolute Gasteiger partial charge is 0.476 e. The minimum atomic E-state index is -0.858. The van der Waals surface area contributed by atoms with Gasteiger partial charge in [-0.05, 0) is 12.5 Å². The SMILES string of the molecule is CN1C(=O)NCC(C(=O)N2CCC(COc3ccc(-c4ccccc4)nn3)C2)C1=O. The maximum absolute atomic E-state index is 12.7. The van der Waals surface area contributed by atoms with E-state index < -0.39 is 17.9 Å². The maximum atomic E-state index is 12.7. The van der Waals surface area contributed by atoms with Crippen LogP contribution in [0, 0.1) is 11.8 Å². The number of aromatic nitrogens is 2. The van der Waals surface area contributed by atoms with Crippen molar-refractivity contribution in [3.63, 3.8) is 0 Å². The lowest BCUT2D eigenvalue weighted by Crippen LogP contribution is -2.57. The van der Waals surface area contributed by atoms with E-state index in [2.05, 4.69) is 15.5 Å². The van der Waals surface area contributed by atoms with Crippen molar-refractivity contribution in [3.8, 4) is 17.1 Å². The van der Waals surface area contributed by atoms with Gasteiger partial charge in [0.1, 0.15) is 5.92 Å². The van der Waals surface area contributed by atoms with E-state index in [0.29, 0.717) is 25.6 Å². The molecule has 0 bridgehead atoms. The van der Waals surface area contributed by atoms with Gasteiger partial charge in [0.2, 0.25) is 17.7 Å². The molecule has 0 saturated carbocycles. The topological polar surface area (TPSA) is 105 Å². The van der Waals surface area contributed by atoms with Gasteiger partial charge in [-0.25, -0.2) is 4.79 Å². The predicted molar refractivity (Wildman–Crippen MR) is 107 cm³/mol. The second-order valence-corrected chi connectivity index (χ2v) is 7.51. The van der Waals surface area contributed by atoms with E-state index >= 15 is 0 Å². The van der Waals surface area contributed by atoms with Crippen molar-refractivity contribution in [2.75, 3.05) is 33.3 Å². The van der Waals surface area contributed by atoms with Crippen LogP contribution in [0.1, 0.15) is 6.42 Å². The zero-order chi connectivity index (χ0) is 21.1. The van der Waals surface area contributed by atoms with Gasteiger partial charge in [0.15, 0.2) is 0 Å². The molecule has 2 aromatic rings. The number of amides is 4. The molecule has 2 fully saturated rings. The third-order valence-corrected chi connectivity index (χ3v) is 5.46. The van der Waals surface area contributed by atoms with Crippen molar-refractivity contribution in [3.05, 3.63) is 42.5 Å². The van der Waals surface area contributed by atoms with Crippen LogP contribution in [0.3, 0.4) is 0 Å². The summed E-state index contributed by atoms with van der Waals surface area (Å²) in [5.74, 6) is -0.982. The molecular weight excluding hydrogens is 386 g/mol. The molecule has 9 nitrogen and oxygen atoms in total. The molecule has 2 saturated heterocycles. The molecule has 156 valence electrons. The van der Waals surface area contributed by atoms with Crippen molar-refractivity contribution in [2.24, 2.45) is 11.8 Å². The standard InChI is InChI=1S/C21H23N5O4/c1-25-19(27)16(11-22-21(25)29)20(28)26-10-9-14(12-26)13-30-18-8-7-17(23-24-18)15-5-3-2-4-6-15/h2-8,14,16H,9-13H2,1H3,(H,22,29). The Morgan fingerprint density at radius 1 is 1.17 bits per heavy atom. The lowest BCUT2D eigenvalue weighted by atomic mass is 10.0. The van der Waals surface area contributed by atoms with E-state index in [9.17, 15) is 14.4 Å². The minimum Gasteiger partial charge on any atom is -0.476 e. The van der Waals surface area contributed by atoms with Crippen LogP contribution in [0.5, 0.6) is 5.88 Å². The summed E-state index contributed by atoms with van der Waals surface area (Å²) >= 11 is 0. The van der Waals surface area contributed by atoms with Crippen LogP contribution in [0.15, 0.2) is 42.5 Å². The first kappa shape index (κ1) is 19.8. The summed E-state index contributed by atoms with van der Waals surface area (Å²) in [6, 6.07) is 12.9. The van der Waals surface area contributed by atoms with Crippen molar-refractivity contribution in [1.29, 1.82) is 0 Å². The fraction of sp³-hybridized carbons (Fsp3) is 0.381. The monoisotopic (exact) mass is 409 g/mol. The average molecular weight is 409 g/mol. The molecule has 1 N–H and O–H groups in total. The maximum Gasteiger partial charge on any atom is 0.323 e. The van der Waals surface area contributed by atoms with E-state index in [1.54, 1.807) is 11.0 Å². The summed E-state index contributed by atoms with van der Waals surface area (Å²) in [4.78, 5) is 39.1. The Labute approximate surface area is 174 Å². The molecular formula is C21H23N5O4. The summed E-state index contributed by atoms with van der Waals surface area (Å²) in [5.41, 5.74) is 1.76. The Hall–Kier alpha value is -3.49. The van der Waals surface area contributed by atoms with Crippen LogP contribution >= 0.6 is 0 Å². The number of hydrogen-bond donors (Lipinski definition) is 1. The van der Waals surface area contributed by atoms with Gasteiger partial charge in [0.25, 0.3) is 0 Å². The van der Waals surface area contributed by atoms with Gasteiger partial charge >= 0.3 is 6.03 Å². The highest BCUT2D eigenvalue weighted by molar-refractivity contribution is 6.08. The van der Waals surface area contributed by atoms with Crippen LogP contribution in [0.25, 0.3) is 11.3 Å². The molecule has 2 atom stereocenters. The summed E-state index contributed by atoms with van der Waals surface area (Å²) in [6.45, 7) is 1.53. The molecule has 4 rings (SSSR count). The van der Waals surface area contributed by atoms with Crippen LogP contribution in [0.2, 0.25) is 0 Å². The summed E-state index contributed by atoms with van der Waals surface area (Å²) < 4.78 is 5.76. The third kappa shape index (κ3) is 4.10. The zero-order valence-corrected chi connectivity index (χ0v) is 16.7. The highest BCUT2D eigenvalue weighted by atomic mass is 16.5. The van der Waals surface area contributed by atoms with Gasteiger partial charge in [-0.2, -0.15) is 0 Å². The first-order valence-electron chi connectivity index (χ1n) is 9.89. The van der Waals surface area contributed by atoms with E-state index in [-0.39, 0.29) is 18.4 Å². The van der Waals surface area contributed by atoms with Crippen molar-refractivity contribution >= 4 is 17.8 Å². The van der Waals surface area contributed by atoms with Crippen LogP contribution in [0.4, 0.5) is 4.79 Å². The number of carbonyl (C=O) groups excluding carboxylic acids is 3. The van der Waals surface area contributed by atoms with Gasteiger partial charge in [0.05, 0.1) is 12.3 Å². The summed E-state index contributed by atoms with van der Waals surface area (Å²) in [7, 11) is 1.38. The lowest BCUT2D eigenvalue weighted by Gasteiger charge is -2.30. The molecule has 1 aromatic heterocycles. The van der Waals surface area contributed by atoms with Crippen LogP contribution in [-0.2, 0) is 9.59 Å². The highest BCUT2D eigenvalue weighted by Crippen LogP contribution is 2.22. The molecule has 30 heavy (non-hydrogen) atoms. The summed E-state index contributed by atoms with van der Waals surface area (Å²) in [6.07, 6.45) is 0.782. The van der Waals surface area contributed by atoms with Gasteiger partial charge in [-0.15, -0.1) is 10.2 Å². The van der Waals surface area contributed by atoms with Crippen molar-refractivity contribution < 1.29 is 19.1 Å². The van der Waals surface area contributed by atoms with Gasteiger partial charge < -0.3 is 15.0 Å². The fourth-order valence-electron chi connectivity index (χ4n) is 3.67. The second-order valence-electron chi connectivity index (χ2n) is 7.51. The first-order valence-corrected chi connectivity index (χ1v) is 9.89. The number of nitrogens with one attached hydrogen (secondary N) is 1. The van der Waals surface area contributed by atoms with E-state index in [0.717, 1.165) is 22.6 Å². The first-order chi connectivity index (χ1) is 14.5. The molecule has 2 aliphatic rings. The molecule has 2 unspecified atom stereocenters. The highest BCUT2D eigenvalue weighted by Gasteiger charge is 2.40. The fourth-order valence-corrected chi connectivity index (χ4v) is 3.67. The molecule has 1 aromatic carbocycles. The number of likely N-dealkylation sites (tertiary alicyclic amines) is 1. The normalized spacial score (nSPS) is 21.5. The Bertz CT molecular complexity index is 934.